The fourth-order valence-corrected chi connectivity index (χ4v) is 6.50. The number of carbonyl (C=O) groups excluding carboxylic acids is 1. The number of nitrogens with one attached hydrogen (secondary N) is 1. The number of carbonyl (C=O) groups is 1. The van der Waals surface area contributed by atoms with E-state index in [0.717, 1.165) is 30.7 Å². The molecule has 1 aromatic heterocycles. The van der Waals surface area contributed by atoms with Crippen LogP contribution >= 0.6 is 0 Å². The average molecular weight is 564 g/mol. The van der Waals surface area contributed by atoms with Gasteiger partial charge in [-0.2, -0.15) is 13.2 Å². The van der Waals surface area contributed by atoms with Crippen LogP contribution in [-0.2, 0) is 38.3 Å². The first-order chi connectivity index (χ1) is 19.2. The van der Waals surface area contributed by atoms with Crippen LogP contribution in [0.2, 0.25) is 0 Å². The maximum atomic E-state index is 14.3. The van der Waals surface area contributed by atoms with E-state index in [1.165, 1.54) is 0 Å². The normalized spacial score (nSPS) is 27.8. The number of hydrogen-bond acceptors (Lipinski definition) is 7. The van der Waals surface area contributed by atoms with Crippen LogP contribution in [-0.4, -0.2) is 66.1 Å². The summed E-state index contributed by atoms with van der Waals surface area (Å²) in [7, 11) is 1.66. The zero-order chi connectivity index (χ0) is 28.3. The molecule has 2 aliphatic heterocycles. The molecule has 3 heterocycles. The lowest BCUT2D eigenvalue weighted by Gasteiger charge is -2.39. The van der Waals surface area contributed by atoms with E-state index in [-0.39, 0.29) is 37.1 Å². The smallest absolute Gasteiger partial charge is 0.379 e. The summed E-state index contributed by atoms with van der Waals surface area (Å²) in [6.07, 6.45) is -1.25. The van der Waals surface area contributed by atoms with Crippen molar-refractivity contribution in [1.29, 1.82) is 0 Å². The third-order valence-electron chi connectivity index (χ3n) is 8.65. The van der Waals surface area contributed by atoms with Crippen LogP contribution in [0.5, 0.6) is 0 Å². The molecule has 1 aliphatic carbocycles. The Morgan fingerprint density at radius 2 is 2.10 bits per heavy atom. The average Bonchev–Trinajstić information content (AvgIpc) is 3.38. The number of pyridine rings is 1. The highest BCUT2D eigenvalue weighted by Gasteiger charge is 2.50. The van der Waals surface area contributed by atoms with Crippen LogP contribution in [0.4, 0.5) is 13.2 Å². The zero-order valence-electron chi connectivity index (χ0n) is 22.5. The predicted octanol–water partition coefficient (Wildman–Crippen LogP) is 4.54. The zero-order valence-corrected chi connectivity index (χ0v) is 22.5. The number of halogens is 3. The van der Waals surface area contributed by atoms with Gasteiger partial charge in [-0.1, -0.05) is 30.3 Å². The van der Waals surface area contributed by atoms with Crippen molar-refractivity contribution in [1.82, 2.24) is 15.2 Å². The van der Waals surface area contributed by atoms with Crippen molar-refractivity contribution in [2.75, 3.05) is 26.9 Å². The molecule has 1 aromatic carbocycles. The monoisotopic (exact) mass is 563 g/mol. The molecule has 3 aliphatic rings. The Morgan fingerprint density at radius 3 is 2.83 bits per heavy atom. The van der Waals surface area contributed by atoms with Crippen molar-refractivity contribution < 1.29 is 37.6 Å². The van der Waals surface area contributed by atoms with E-state index in [1.807, 2.05) is 30.3 Å². The summed E-state index contributed by atoms with van der Waals surface area (Å²) in [5, 5.41) is 13.6. The first-order valence-corrected chi connectivity index (χ1v) is 13.8. The Kier molecular flexibility index (Phi) is 8.77. The van der Waals surface area contributed by atoms with Crippen LogP contribution in [0.25, 0.3) is 0 Å². The van der Waals surface area contributed by atoms with Gasteiger partial charge in [-0.15, -0.1) is 0 Å². The van der Waals surface area contributed by atoms with Gasteiger partial charge in [0.2, 0.25) is 5.91 Å². The first kappa shape index (κ1) is 28.9. The first-order valence-electron chi connectivity index (χ1n) is 13.8. The number of alkyl halides is 3. The molecule has 1 amide bonds. The Morgan fingerprint density at radius 1 is 1.30 bits per heavy atom. The molecule has 2 fully saturated rings. The quantitative estimate of drug-likeness (QED) is 0.360. The van der Waals surface area contributed by atoms with Gasteiger partial charge in [-0.3, -0.25) is 15.0 Å². The van der Waals surface area contributed by atoms with Gasteiger partial charge < -0.3 is 19.7 Å². The molecule has 1 saturated carbocycles. The molecule has 1 saturated heterocycles. The number of nitrogens with zero attached hydrogens (tertiary/aromatic N) is 2. The molecule has 3 unspecified atom stereocenters. The Labute approximate surface area is 231 Å². The SMILES string of the molecule is COC1COCCC1N[C@@H]1CC[C@](CC(OO)c2ccccc2)(C(=O)N2CCc3ncc(C(F)(F)F)cc3C2)C1. The molecule has 0 bridgehead atoms. The van der Waals surface area contributed by atoms with E-state index < -0.39 is 23.3 Å². The Bertz CT molecular complexity index is 1170. The molecule has 0 spiro atoms. The fraction of sp³-hybridized carbons (Fsp3) is 0.586. The highest BCUT2D eigenvalue weighted by molar-refractivity contribution is 5.83. The molecule has 5 atom stereocenters. The maximum Gasteiger partial charge on any atom is 0.417 e. The number of aromatic nitrogens is 1. The molecule has 11 heteroatoms. The van der Waals surface area contributed by atoms with Gasteiger partial charge in [0.05, 0.1) is 23.7 Å². The molecule has 218 valence electrons. The van der Waals surface area contributed by atoms with Crippen LogP contribution in [0.3, 0.4) is 0 Å². The van der Waals surface area contributed by atoms with E-state index in [0.29, 0.717) is 50.3 Å². The number of rotatable bonds is 8. The molecule has 5 rings (SSSR count). The summed E-state index contributed by atoms with van der Waals surface area (Å²) in [5.41, 5.74) is 0.0626. The lowest BCUT2D eigenvalue weighted by atomic mass is 9.77. The minimum absolute atomic E-state index is 0.0235. The van der Waals surface area contributed by atoms with Gasteiger partial charge >= 0.3 is 6.18 Å². The van der Waals surface area contributed by atoms with E-state index in [4.69, 9.17) is 14.4 Å². The predicted molar refractivity (Wildman–Crippen MR) is 139 cm³/mol. The Balaban J connectivity index is 1.39. The second-order valence-corrected chi connectivity index (χ2v) is 11.1. The van der Waals surface area contributed by atoms with Crippen LogP contribution in [0, 0.1) is 5.41 Å². The second-order valence-electron chi connectivity index (χ2n) is 11.1. The third-order valence-corrected chi connectivity index (χ3v) is 8.65. The summed E-state index contributed by atoms with van der Waals surface area (Å²) in [6, 6.07) is 10.5. The molecule has 0 radical (unpaired) electrons. The highest BCUT2D eigenvalue weighted by Crippen LogP contribution is 2.48. The summed E-state index contributed by atoms with van der Waals surface area (Å²) < 4.78 is 51.3. The van der Waals surface area contributed by atoms with Gasteiger partial charge in [0.1, 0.15) is 6.10 Å². The Hall–Kier alpha value is -2.57. The van der Waals surface area contributed by atoms with E-state index in [1.54, 1.807) is 12.0 Å². The molecular formula is C29H36F3N3O5. The van der Waals surface area contributed by atoms with Gasteiger partial charge in [-0.25, -0.2) is 4.89 Å². The molecule has 8 nitrogen and oxygen atoms in total. The highest BCUT2D eigenvalue weighted by atomic mass is 19.4. The topological polar surface area (TPSA) is 93.2 Å². The number of benzene rings is 1. The molecule has 2 aromatic rings. The van der Waals surface area contributed by atoms with Gasteiger partial charge in [0, 0.05) is 57.2 Å². The fourth-order valence-electron chi connectivity index (χ4n) is 6.50. The summed E-state index contributed by atoms with van der Waals surface area (Å²) in [4.78, 5) is 25.0. The number of hydrogen-bond donors (Lipinski definition) is 2. The van der Waals surface area contributed by atoms with Gasteiger partial charge in [0.25, 0.3) is 0 Å². The molecule has 40 heavy (non-hydrogen) atoms. The minimum Gasteiger partial charge on any atom is -0.379 e. The summed E-state index contributed by atoms with van der Waals surface area (Å²) >= 11 is 0. The van der Waals surface area contributed by atoms with Crippen LogP contribution < -0.4 is 5.32 Å². The van der Waals surface area contributed by atoms with Crippen LogP contribution in [0.15, 0.2) is 42.6 Å². The van der Waals surface area contributed by atoms with E-state index in [9.17, 15) is 23.2 Å². The third kappa shape index (κ3) is 6.18. The molecule has 2 N–H and O–H groups in total. The number of ether oxygens (including phenoxy) is 2. The second kappa shape index (κ2) is 12.1. The van der Waals surface area contributed by atoms with E-state index in [2.05, 4.69) is 10.3 Å². The molecular weight excluding hydrogens is 527 g/mol. The lowest BCUT2D eigenvalue weighted by Crippen LogP contribution is -2.51. The van der Waals surface area contributed by atoms with E-state index >= 15 is 0 Å². The number of amides is 1. The maximum absolute atomic E-state index is 14.3. The van der Waals surface area contributed by atoms with Gasteiger partial charge in [0.15, 0.2) is 0 Å². The summed E-state index contributed by atoms with van der Waals surface area (Å²) in [6.45, 7) is 1.56. The lowest BCUT2D eigenvalue weighted by molar-refractivity contribution is -0.287. The van der Waals surface area contributed by atoms with Crippen molar-refractivity contribution in [2.24, 2.45) is 5.41 Å². The van der Waals surface area contributed by atoms with Crippen molar-refractivity contribution in [3.63, 3.8) is 0 Å². The minimum atomic E-state index is -4.51. The van der Waals surface area contributed by atoms with Crippen molar-refractivity contribution >= 4 is 5.91 Å². The largest absolute Gasteiger partial charge is 0.417 e. The summed E-state index contributed by atoms with van der Waals surface area (Å²) in [5.74, 6) is -0.131. The van der Waals surface area contributed by atoms with Crippen molar-refractivity contribution in [3.8, 4) is 0 Å². The van der Waals surface area contributed by atoms with Gasteiger partial charge in [-0.05, 0) is 49.3 Å². The standard InChI is InChI=1S/C29H36F3N3O5/c1-38-26-18-39-12-9-24(26)34-22-7-10-28(14-22,15-25(40-37)19-5-3-2-4-6-19)27(36)35-11-8-23-20(17-35)13-21(16-33-23)29(30,31)32/h2-6,13,16,22,24-26,34,37H,7-12,14-15,17-18H2,1H3/t22-,24?,25?,26?,28+/m1/s1. The van der Waals surface area contributed by atoms with Crippen molar-refractivity contribution in [3.05, 3.63) is 65.0 Å². The van der Waals surface area contributed by atoms with Crippen molar-refractivity contribution in [2.45, 2.75) is 75.5 Å². The van der Waals surface area contributed by atoms with Crippen LogP contribution in [0.1, 0.15) is 60.6 Å². The number of fused-ring (bicyclic) bond motifs is 1. The number of methoxy groups -OCH3 is 1.